The van der Waals surface area contributed by atoms with Crippen LogP contribution < -0.4 is 4.31 Å². The number of ether oxygens (including phenoxy) is 1. The van der Waals surface area contributed by atoms with Crippen molar-refractivity contribution in [3.8, 4) is 0 Å². The second-order valence-corrected chi connectivity index (χ2v) is 7.36. The van der Waals surface area contributed by atoms with Crippen molar-refractivity contribution in [2.75, 3.05) is 18.1 Å². The van der Waals surface area contributed by atoms with Crippen molar-refractivity contribution in [1.82, 2.24) is 4.98 Å². The lowest BCUT2D eigenvalue weighted by Gasteiger charge is -2.24. The van der Waals surface area contributed by atoms with Gasteiger partial charge in [-0.2, -0.15) is 13.2 Å². The highest BCUT2D eigenvalue weighted by atomic mass is 35.5. The summed E-state index contributed by atoms with van der Waals surface area (Å²) in [6.45, 7) is -0.654. The molecule has 2 rings (SSSR count). The maximum atomic E-state index is 13.1. The molecule has 0 aliphatic heterocycles. The highest BCUT2D eigenvalue weighted by molar-refractivity contribution is 7.92. The molecule has 1 aromatic heterocycles. The lowest BCUT2D eigenvalue weighted by molar-refractivity contribution is -0.137. The Kier molecular flexibility index (Phi) is 5.97. The summed E-state index contributed by atoms with van der Waals surface area (Å²) in [5.41, 5.74) is -2.31. The molecule has 7 nitrogen and oxygen atoms in total. The van der Waals surface area contributed by atoms with E-state index in [2.05, 4.69) is 4.98 Å². The minimum Gasteiger partial charge on any atom is -0.476 e. The molecule has 0 spiro atoms. The second kappa shape index (κ2) is 7.71. The van der Waals surface area contributed by atoms with Crippen molar-refractivity contribution >= 4 is 33.3 Å². The van der Waals surface area contributed by atoms with Gasteiger partial charge in [-0.05, 0) is 30.3 Å². The van der Waals surface area contributed by atoms with Gasteiger partial charge < -0.3 is 9.84 Å². The van der Waals surface area contributed by atoms with E-state index in [9.17, 15) is 31.5 Å². The van der Waals surface area contributed by atoms with Crippen LogP contribution in [0.15, 0.2) is 41.4 Å². The number of rotatable bonds is 6. The van der Waals surface area contributed by atoms with Crippen molar-refractivity contribution in [1.29, 1.82) is 0 Å². The summed E-state index contributed by atoms with van der Waals surface area (Å²) in [5, 5.41) is 8.54. The smallest absolute Gasteiger partial charge is 0.417 e. The molecule has 146 valence electrons. The Hall–Kier alpha value is -2.37. The summed E-state index contributed by atoms with van der Waals surface area (Å²) >= 11 is 5.51. The first-order valence-corrected chi connectivity index (χ1v) is 8.88. The Morgan fingerprint density at radius 1 is 1.33 bits per heavy atom. The van der Waals surface area contributed by atoms with Crippen LogP contribution in [0, 0.1) is 0 Å². The summed E-state index contributed by atoms with van der Waals surface area (Å²) in [4.78, 5) is 14.2. The number of pyridine rings is 1. The molecule has 12 heteroatoms. The van der Waals surface area contributed by atoms with Crippen LogP contribution in [-0.4, -0.2) is 38.3 Å². The minimum absolute atomic E-state index is 0.365. The fraction of sp³-hybridized carbons (Fsp3) is 0.200. The summed E-state index contributed by atoms with van der Waals surface area (Å²) < 4.78 is 70.3. The predicted molar refractivity (Wildman–Crippen MR) is 89.2 cm³/mol. The molecule has 0 saturated heterocycles. The Morgan fingerprint density at radius 2 is 2.00 bits per heavy atom. The van der Waals surface area contributed by atoms with Gasteiger partial charge in [-0.15, -0.1) is 0 Å². The number of hydrogen-bond acceptors (Lipinski definition) is 5. The standard InChI is InChI=1S/C15H12ClF3N2O5S/c1-26-8-21(12-3-2-6-20-13(12)14(22)23)27(24,25)9-4-5-11(16)10(7-9)15(17,18)19/h2-7H,8H2,1H3,(H,22,23). The third-order valence-corrected chi connectivity index (χ3v) is 5.40. The number of anilines is 1. The number of aromatic carboxylic acids is 1. The van der Waals surface area contributed by atoms with Gasteiger partial charge >= 0.3 is 12.1 Å². The maximum Gasteiger partial charge on any atom is 0.417 e. The average molecular weight is 425 g/mol. The van der Waals surface area contributed by atoms with Crippen LogP contribution in [0.4, 0.5) is 18.9 Å². The van der Waals surface area contributed by atoms with Crippen molar-refractivity contribution in [2.24, 2.45) is 0 Å². The molecular formula is C15H12ClF3N2O5S. The third-order valence-electron chi connectivity index (χ3n) is 3.34. The number of carboxylic acid groups (broad SMARTS) is 1. The number of hydrogen-bond donors (Lipinski definition) is 1. The normalized spacial score (nSPS) is 12.0. The van der Waals surface area contributed by atoms with Gasteiger partial charge in [0.25, 0.3) is 10.0 Å². The number of aromatic nitrogens is 1. The molecule has 0 amide bonds. The van der Waals surface area contributed by atoms with E-state index < -0.39 is 50.1 Å². The molecule has 0 saturated carbocycles. The molecule has 1 N–H and O–H groups in total. The zero-order valence-corrected chi connectivity index (χ0v) is 15.1. The van der Waals surface area contributed by atoms with Crippen LogP contribution >= 0.6 is 11.6 Å². The molecule has 0 aliphatic carbocycles. The van der Waals surface area contributed by atoms with Crippen LogP contribution in [0.1, 0.15) is 16.1 Å². The summed E-state index contributed by atoms with van der Waals surface area (Å²) in [6.07, 6.45) is -3.75. The van der Waals surface area contributed by atoms with E-state index in [0.717, 1.165) is 31.5 Å². The van der Waals surface area contributed by atoms with E-state index in [1.54, 1.807) is 0 Å². The van der Waals surface area contributed by atoms with Gasteiger partial charge in [0.05, 0.1) is 21.2 Å². The van der Waals surface area contributed by atoms with Gasteiger partial charge in [-0.25, -0.2) is 22.5 Å². The average Bonchev–Trinajstić information content (AvgIpc) is 2.58. The number of sulfonamides is 1. The molecule has 27 heavy (non-hydrogen) atoms. The van der Waals surface area contributed by atoms with Crippen LogP contribution in [0.25, 0.3) is 0 Å². The number of halogens is 4. The Morgan fingerprint density at radius 3 is 2.56 bits per heavy atom. The fourth-order valence-corrected chi connectivity index (χ4v) is 3.79. The maximum absolute atomic E-state index is 13.1. The van der Waals surface area contributed by atoms with Gasteiger partial charge in [0, 0.05) is 13.3 Å². The largest absolute Gasteiger partial charge is 0.476 e. The highest BCUT2D eigenvalue weighted by Crippen LogP contribution is 2.37. The molecule has 1 aromatic carbocycles. The predicted octanol–water partition coefficient (Wildman–Crippen LogP) is 3.25. The summed E-state index contributed by atoms with van der Waals surface area (Å²) in [7, 11) is -3.48. The lowest BCUT2D eigenvalue weighted by atomic mass is 10.2. The zero-order chi connectivity index (χ0) is 20.4. The monoisotopic (exact) mass is 424 g/mol. The number of methoxy groups -OCH3 is 1. The highest BCUT2D eigenvalue weighted by Gasteiger charge is 2.36. The van der Waals surface area contributed by atoms with Crippen molar-refractivity contribution in [3.63, 3.8) is 0 Å². The molecule has 2 aromatic rings. The number of benzene rings is 1. The van der Waals surface area contributed by atoms with Crippen LogP contribution in [0.2, 0.25) is 5.02 Å². The van der Waals surface area contributed by atoms with Crippen LogP contribution in [0.5, 0.6) is 0 Å². The van der Waals surface area contributed by atoms with Gasteiger partial charge in [0.15, 0.2) is 5.69 Å². The minimum atomic E-state index is -4.88. The lowest BCUT2D eigenvalue weighted by Crippen LogP contribution is -2.34. The summed E-state index contributed by atoms with van der Waals surface area (Å²) in [5.74, 6) is -1.52. The van der Waals surface area contributed by atoms with Crippen LogP contribution in [-0.2, 0) is 20.9 Å². The molecule has 0 atom stereocenters. The molecular weight excluding hydrogens is 413 g/mol. The SMILES string of the molecule is COCN(c1cccnc1C(=O)O)S(=O)(=O)c1ccc(Cl)c(C(F)(F)F)c1. The summed E-state index contributed by atoms with van der Waals surface area (Å²) in [6, 6.07) is 4.48. The number of carbonyl (C=O) groups is 1. The zero-order valence-electron chi connectivity index (χ0n) is 13.6. The van der Waals surface area contributed by atoms with Gasteiger partial charge in [0.1, 0.15) is 6.73 Å². The Balaban J connectivity index is 2.67. The fourth-order valence-electron chi connectivity index (χ4n) is 2.16. The van der Waals surface area contributed by atoms with Gasteiger partial charge in [0.2, 0.25) is 0 Å². The molecule has 0 bridgehead atoms. The van der Waals surface area contributed by atoms with E-state index in [1.165, 1.54) is 6.07 Å². The molecule has 0 unspecified atom stereocenters. The van der Waals surface area contributed by atoms with Gasteiger partial charge in [-0.3, -0.25) is 0 Å². The van der Waals surface area contributed by atoms with E-state index in [1.807, 2.05) is 0 Å². The quantitative estimate of drug-likeness (QED) is 0.715. The first-order valence-electron chi connectivity index (χ1n) is 7.07. The molecule has 0 radical (unpaired) electrons. The van der Waals surface area contributed by atoms with E-state index in [-0.39, 0.29) is 5.69 Å². The molecule has 0 aliphatic rings. The van der Waals surface area contributed by atoms with Crippen molar-refractivity contribution in [2.45, 2.75) is 11.1 Å². The van der Waals surface area contributed by atoms with E-state index in [0.29, 0.717) is 10.4 Å². The van der Waals surface area contributed by atoms with E-state index >= 15 is 0 Å². The van der Waals surface area contributed by atoms with Crippen LogP contribution in [0.3, 0.4) is 0 Å². The number of nitrogens with zero attached hydrogens (tertiary/aromatic N) is 2. The first-order chi connectivity index (χ1) is 12.5. The van der Waals surface area contributed by atoms with E-state index in [4.69, 9.17) is 16.3 Å². The molecule has 1 heterocycles. The second-order valence-electron chi connectivity index (χ2n) is 5.09. The number of carboxylic acids is 1. The molecule has 0 fully saturated rings. The van der Waals surface area contributed by atoms with Crippen molar-refractivity contribution in [3.05, 3.63) is 52.8 Å². The third kappa shape index (κ3) is 4.31. The topological polar surface area (TPSA) is 96.8 Å². The Bertz CT molecular complexity index is 966. The van der Waals surface area contributed by atoms with Gasteiger partial charge in [-0.1, -0.05) is 11.6 Å². The van der Waals surface area contributed by atoms with Crippen molar-refractivity contribution < 1.29 is 36.2 Å². The Labute approximate surface area is 157 Å². The number of alkyl halides is 3. The first kappa shape index (κ1) is 20.9.